The van der Waals surface area contributed by atoms with Crippen LogP contribution in [0.15, 0.2) is 250 Å². The first-order valence-corrected chi connectivity index (χ1v) is 31.5. The third-order valence-electron chi connectivity index (χ3n) is 13.4. The van der Waals surface area contributed by atoms with E-state index in [9.17, 15) is 9.59 Å². The van der Waals surface area contributed by atoms with Crippen LogP contribution in [0, 0.1) is 0 Å². The molecular formula is C68H59BBr3ClN10O8. The van der Waals surface area contributed by atoms with Gasteiger partial charge in [0.05, 0.1) is 82.7 Å². The number of aromatic amines is 1. The lowest BCUT2D eigenvalue weighted by molar-refractivity contribution is 0.0510. The maximum atomic E-state index is 11.7. The number of benzene rings is 8. The van der Waals surface area contributed by atoms with Crippen molar-refractivity contribution in [2.24, 2.45) is 0 Å². The van der Waals surface area contributed by atoms with Crippen LogP contribution in [0.4, 0.5) is 0 Å². The number of nitrogens with one attached hydrogen (secondary N) is 1. The predicted octanol–water partition coefficient (Wildman–Crippen LogP) is 14.9. The Bertz CT molecular complexity index is 4520. The number of oxazole rings is 2. The molecule has 460 valence electrons. The number of nitrogens with zero attached hydrogens (tertiary/aromatic N) is 9. The van der Waals surface area contributed by atoms with Gasteiger partial charge >= 0.3 is 19.1 Å². The van der Waals surface area contributed by atoms with Crippen molar-refractivity contribution in [2.75, 3.05) is 13.2 Å². The monoisotopic (exact) mass is 1430 g/mol. The van der Waals surface area contributed by atoms with E-state index in [4.69, 9.17) is 30.8 Å². The zero-order valence-corrected chi connectivity index (χ0v) is 54.7. The van der Waals surface area contributed by atoms with Crippen LogP contribution in [-0.4, -0.2) is 90.9 Å². The molecule has 14 rings (SSSR count). The van der Waals surface area contributed by atoms with Gasteiger partial charge < -0.3 is 47.0 Å². The van der Waals surface area contributed by atoms with Crippen LogP contribution in [-0.2, 0) is 34.4 Å². The maximum Gasteiger partial charge on any atom is 0.488 e. The molecule has 18 nitrogen and oxygen atoms in total. The van der Waals surface area contributed by atoms with Gasteiger partial charge in [-0.1, -0.05) is 157 Å². The Kier molecular flexibility index (Phi) is 24.4. The number of carbonyl (C=O) groups is 2. The number of halogens is 4. The first-order chi connectivity index (χ1) is 44.3. The molecule has 0 saturated heterocycles. The van der Waals surface area contributed by atoms with Gasteiger partial charge in [0, 0.05) is 39.5 Å². The number of hydrogen-bond acceptors (Lipinski definition) is 14. The third-order valence-corrected chi connectivity index (χ3v) is 15.3. The number of ether oxygens (including phenoxy) is 2. The minimum absolute atomic E-state index is 0.0620. The topological polar surface area (TPSA) is 227 Å². The Labute approximate surface area is 554 Å². The van der Waals surface area contributed by atoms with Gasteiger partial charge in [0.2, 0.25) is 5.89 Å². The van der Waals surface area contributed by atoms with Crippen molar-refractivity contribution in [3.63, 3.8) is 0 Å². The van der Waals surface area contributed by atoms with Crippen LogP contribution in [0.25, 0.3) is 55.6 Å². The van der Waals surface area contributed by atoms with E-state index in [0.717, 1.165) is 88.9 Å². The van der Waals surface area contributed by atoms with Crippen LogP contribution < -0.4 is 5.46 Å². The Balaban J connectivity index is 0.000000135. The number of alkyl halides is 1. The molecule has 0 unspecified atom stereocenters. The minimum Gasteiger partial charge on any atom is -0.461 e. The maximum absolute atomic E-state index is 11.7. The number of aromatic nitrogens is 10. The molecule has 0 fully saturated rings. The molecule has 3 N–H and O–H groups in total. The number of para-hydroxylation sites is 8. The van der Waals surface area contributed by atoms with E-state index in [1.807, 2.05) is 152 Å². The van der Waals surface area contributed by atoms with Gasteiger partial charge in [-0.15, -0.1) is 0 Å². The second kappa shape index (κ2) is 33.5. The fourth-order valence-corrected chi connectivity index (χ4v) is 9.88. The van der Waals surface area contributed by atoms with E-state index in [0.29, 0.717) is 31.1 Å². The van der Waals surface area contributed by atoms with Crippen molar-refractivity contribution in [1.82, 2.24) is 48.6 Å². The lowest BCUT2D eigenvalue weighted by Crippen LogP contribution is -2.29. The summed E-state index contributed by atoms with van der Waals surface area (Å²) < 4.78 is 28.1. The number of imidazole rings is 4. The molecule has 23 heteroatoms. The summed E-state index contributed by atoms with van der Waals surface area (Å²) in [7, 11) is -1.41. The van der Waals surface area contributed by atoms with Crippen molar-refractivity contribution < 1.29 is 37.9 Å². The highest BCUT2D eigenvalue weighted by Crippen LogP contribution is 2.23. The molecule has 6 aromatic heterocycles. The van der Waals surface area contributed by atoms with Crippen LogP contribution in [0.2, 0.25) is 5.35 Å². The molecule has 14 aromatic rings. The van der Waals surface area contributed by atoms with Gasteiger partial charge in [0.25, 0.3) is 5.35 Å². The number of esters is 2. The summed E-state index contributed by atoms with van der Waals surface area (Å²) in [5, 5.41) is 19.0. The Morgan fingerprint density at radius 2 is 0.923 bits per heavy atom. The molecule has 0 aliphatic rings. The van der Waals surface area contributed by atoms with Gasteiger partial charge in [-0.05, 0) is 138 Å². The first-order valence-electron chi connectivity index (χ1n) is 28.4. The Morgan fingerprint density at radius 1 is 0.516 bits per heavy atom. The van der Waals surface area contributed by atoms with Crippen LogP contribution in [0.5, 0.6) is 0 Å². The van der Waals surface area contributed by atoms with E-state index in [1.54, 1.807) is 32.3 Å². The largest absolute Gasteiger partial charge is 0.488 e. The van der Waals surface area contributed by atoms with E-state index in [1.165, 1.54) is 22.9 Å². The van der Waals surface area contributed by atoms with Gasteiger partial charge in [-0.25, -0.2) is 34.5 Å². The van der Waals surface area contributed by atoms with E-state index in [2.05, 4.69) is 154 Å². The highest BCUT2D eigenvalue weighted by Gasteiger charge is 2.16. The molecule has 0 aliphatic heterocycles. The second-order valence-electron chi connectivity index (χ2n) is 19.7. The van der Waals surface area contributed by atoms with Gasteiger partial charge in [-0.3, -0.25) is 0 Å². The van der Waals surface area contributed by atoms with Gasteiger partial charge in [0.15, 0.2) is 11.4 Å². The van der Waals surface area contributed by atoms with Gasteiger partial charge in [-0.2, -0.15) is 4.98 Å². The lowest BCUT2D eigenvalue weighted by atomic mass is 9.80. The number of rotatable bonds is 13. The standard InChI is InChI=1S/C20H17N3O3.C14H13BN2O2.C14H11BrN2.C7H6Br2.C7H6N2.C6H6ClNO3/c1-2-25-20(24)17-12-26-19(22-17)15-9-7-14(8-10-15)11-23-13-21-16-5-3-4-6-18(16)23;18-15(19)12-7-5-11(6-8-12)9-17-10-16-13-3-1-2-4-14(13)17;15-12-7-5-11(6-8-12)9-17-10-16-13-3-1-2-4-14(13)17;8-5-6-1-3-7(9)4-2-6;1-2-4-7-6(3-1)8-5-9-7;1-2-10-5(9)4-3-11-6(7)8-4/h3-10,12-13H,2,11H2,1H3;1-8,10,18-19H,9H2;1-8,10H,9H2;1-4H,5H2;1-5H,(H,8,9);3H,2H2,1H3. The van der Waals surface area contributed by atoms with Gasteiger partial charge in [0.1, 0.15) is 12.5 Å². The van der Waals surface area contributed by atoms with Crippen molar-refractivity contribution in [3.05, 3.63) is 280 Å². The third kappa shape index (κ3) is 19.1. The number of hydrogen-bond donors (Lipinski definition) is 3. The molecule has 91 heavy (non-hydrogen) atoms. The predicted molar refractivity (Wildman–Crippen MR) is 365 cm³/mol. The lowest BCUT2D eigenvalue weighted by Gasteiger charge is -2.06. The summed E-state index contributed by atoms with van der Waals surface area (Å²) >= 11 is 15.5. The summed E-state index contributed by atoms with van der Waals surface area (Å²) in [6.07, 6.45) is 9.73. The number of fused-ring (bicyclic) bond motifs is 4. The quantitative estimate of drug-likeness (QED) is 0.0554. The van der Waals surface area contributed by atoms with E-state index >= 15 is 0 Å². The molecule has 0 atom stereocenters. The van der Waals surface area contributed by atoms with Crippen molar-refractivity contribution in [1.29, 1.82) is 0 Å². The zero-order chi connectivity index (χ0) is 63.9. The van der Waals surface area contributed by atoms with Crippen molar-refractivity contribution >= 4 is 128 Å². The highest BCUT2D eigenvalue weighted by atomic mass is 79.9. The van der Waals surface area contributed by atoms with E-state index < -0.39 is 19.1 Å². The highest BCUT2D eigenvalue weighted by molar-refractivity contribution is 9.10. The minimum atomic E-state index is -1.41. The van der Waals surface area contributed by atoms with Crippen molar-refractivity contribution in [2.45, 2.75) is 38.8 Å². The molecule has 0 aliphatic carbocycles. The Hall–Kier alpha value is -9.29. The smallest absolute Gasteiger partial charge is 0.461 e. The number of carbonyl (C=O) groups excluding carboxylic acids is 2. The van der Waals surface area contributed by atoms with E-state index in [-0.39, 0.29) is 16.7 Å². The van der Waals surface area contributed by atoms with Crippen LogP contribution in [0.3, 0.4) is 0 Å². The first kappa shape index (κ1) is 66.1. The Morgan fingerprint density at radius 3 is 1.35 bits per heavy atom. The van der Waals surface area contributed by atoms with Crippen LogP contribution in [0.1, 0.15) is 57.1 Å². The SMILES string of the molecule is BrCc1ccc(Br)cc1.Brc1ccc(Cn2cnc3ccccc32)cc1.CCOC(=O)c1coc(-c2ccc(Cn3cnc4ccccc43)cc2)n1.CCOC(=O)c1coc(Cl)n1.OB(O)c1ccc(Cn2cnc3ccccc32)cc1.c1ccc2[nH]cnc2c1. The number of H-pyrrole nitrogens is 1. The summed E-state index contributed by atoms with van der Waals surface area (Å²) in [5.74, 6) is -0.609. The second-order valence-corrected chi connectivity index (χ2v) is 22.4. The fraction of sp³-hybridized carbons (Fsp3) is 0.118. The molecule has 0 saturated carbocycles. The average Bonchev–Trinajstić information content (AvgIpc) is 4.42. The summed E-state index contributed by atoms with van der Waals surface area (Å²) in [6.45, 7) is 6.36. The molecule has 8 aromatic carbocycles. The van der Waals surface area contributed by atoms with Crippen molar-refractivity contribution in [3.8, 4) is 11.5 Å². The summed E-state index contributed by atoms with van der Waals surface area (Å²) in [5.41, 5.74) is 14.9. The molecule has 0 bridgehead atoms. The normalized spacial score (nSPS) is 10.5. The molecule has 0 amide bonds. The molecular weight excluding hydrogens is 1370 g/mol. The summed E-state index contributed by atoms with van der Waals surface area (Å²) in [6, 6.07) is 63.9. The van der Waals surface area contributed by atoms with Crippen LogP contribution >= 0.6 is 59.4 Å². The molecule has 6 heterocycles. The average molecular weight is 1430 g/mol. The summed E-state index contributed by atoms with van der Waals surface area (Å²) in [4.78, 5) is 50.5. The fourth-order valence-electron chi connectivity index (χ4n) is 8.85. The zero-order valence-electron chi connectivity index (χ0n) is 49.1. The molecule has 0 spiro atoms. The molecule has 0 radical (unpaired) electrons.